The first kappa shape index (κ1) is 23.1. The molecule has 3 N–H and O–H groups in total. The fourth-order valence-corrected chi connectivity index (χ4v) is 5.20. The summed E-state index contributed by atoms with van der Waals surface area (Å²) in [4.78, 5) is 29.3. The molecule has 0 saturated heterocycles. The number of benzene rings is 2. The number of rotatable bonds is 4. The van der Waals surface area contributed by atoms with E-state index in [1.807, 2.05) is 30.3 Å². The summed E-state index contributed by atoms with van der Waals surface area (Å²) in [7, 11) is 0. The minimum Gasteiger partial charge on any atom is -0.454 e. The molecule has 9 nitrogen and oxygen atoms in total. The number of nitrogens with one attached hydrogen (secondary N) is 1. The molecule has 4 aromatic rings. The molecule has 1 aliphatic heterocycles. The molecule has 2 aliphatic rings. The van der Waals surface area contributed by atoms with E-state index >= 15 is 0 Å². The lowest BCUT2D eigenvalue weighted by atomic mass is 9.71. The number of carbonyl (C=O) groups is 2. The number of anilines is 1. The van der Waals surface area contributed by atoms with E-state index in [-0.39, 0.29) is 28.8 Å². The zero-order valence-electron chi connectivity index (χ0n) is 20.0. The fourth-order valence-electron chi connectivity index (χ4n) is 5.00. The predicted molar refractivity (Wildman–Crippen MR) is 138 cm³/mol. The number of carbonyl (C=O) groups excluding carboxylic acids is 2. The number of nitrogens with zero attached hydrogens (tertiary/aromatic N) is 3. The largest absolute Gasteiger partial charge is 0.454 e. The summed E-state index contributed by atoms with van der Waals surface area (Å²) in [6.07, 6.45) is 3.50. The third-order valence-electron chi connectivity index (χ3n) is 6.72. The van der Waals surface area contributed by atoms with E-state index < -0.39 is 5.91 Å². The van der Waals surface area contributed by atoms with Crippen molar-refractivity contribution in [3.8, 4) is 28.4 Å². The van der Waals surface area contributed by atoms with Crippen molar-refractivity contribution in [3.05, 3.63) is 82.3 Å². The van der Waals surface area contributed by atoms with E-state index in [0.29, 0.717) is 34.9 Å². The number of nitrogens with two attached hydrogens (primary N) is 1. The molecule has 2 amide bonds. The Morgan fingerprint density at radius 1 is 1.11 bits per heavy atom. The number of halogens is 1. The van der Waals surface area contributed by atoms with Gasteiger partial charge in [-0.2, -0.15) is 5.10 Å². The van der Waals surface area contributed by atoms with Crippen molar-refractivity contribution in [2.24, 2.45) is 5.73 Å². The van der Waals surface area contributed by atoms with Crippen molar-refractivity contribution >= 4 is 29.1 Å². The molecule has 37 heavy (non-hydrogen) atoms. The second-order valence-electron chi connectivity index (χ2n) is 9.62. The van der Waals surface area contributed by atoms with Crippen LogP contribution in [0.1, 0.15) is 45.8 Å². The summed E-state index contributed by atoms with van der Waals surface area (Å²) < 4.78 is 12.7. The van der Waals surface area contributed by atoms with Gasteiger partial charge in [0.25, 0.3) is 11.8 Å². The first-order valence-electron chi connectivity index (χ1n) is 11.6. The summed E-state index contributed by atoms with van der Waals surface area (Å²) >= 11 is 6.17. The van der Waals surface area contributed by atoms with Crippen LogP contribution in [-0.4, -0.2) is 33.4 Å². The maximum Gasteiger partial charge on any atom is 0.269 e. The first-order valence-corrected chi connectivity index (χ1v) is 12.0. The highest BCUT2D eigenvalue weighted by Crippen LogP contribution is 2.46. The molecule has 186 valence electrons. The number of fused-ring (bicyclic) bond motifs is 4. The number of hydrogen-bond acceptors (Lipinski definition) is 6. The molecular formula is C27H22ClN5O4. The zero-order chi connectivity index (χ0) is 25.9. The van der Waals surface area contributed by atoms with Gasteiger partial charge in [-0.1, -0.05) is 31.5 Å². The second kappa shape index (κ2) is 8.35. The Kier molecular flexibility index (Phi) is 5.20. The molecule has 0 fully saturated rings. The van der Waals surface area contributed by atoms with Crippen molar-refractivity contribution in [3.63, 3.8) is 0 Å². The molecule has 0 unspecified atom stereocenters. The van der Waals surface area contributed by atoms with Crippen LogP contribution in [0.3, 0.4) is 0 Å². The van der Waals surface area contributed by atoms with Gasteiger partial charge in [-0.05, 0) is 47.7 Å². The van der Waals surface area contributed by atoms with Crippen LogP contribution < -0.4 is 20.5 Å². The van der Waals surface area contributed by atoms with Gasteiger partial charge in [0.1, 0.15) is 0 Å². The summed E-state index contributed by atoms with van der Waals surface area (Å²) in [6.45, 7) is 4.35. The van der Waals surface area contributed by atoms with Crippen LogP contribution in [0.5, 0.6) is 11.5 Å². The van der Waals surface area contributed by atoms with Gasteiger partial charge in [0, 0.05) is 35.3 Å². The Bertz CT molecular complexity index is 1610. The van der Waals surface area contributed by atoms with Crippen LogP contribution in [0.15, 0.2) is 54.9 Å². The molecule has 1 aliphatic carbocycles. The zero-order valence-corrected chi connectivity index (χ0v) is 20.8. The van der Waals surface area contributed by atoms with E-state index in [2.05, 4.69) is 29.2 Å². The molecule has 6 rings (SSSR count). The summed E-state index contributed by atoms with van der Waals surface area (Å²) in [5.74, 6) is 0.270. The van der Waals surface area contributed by atoms with Crippen LogP contribution in [-0.2, 0) is 11.8 Å². The van der Waals surface area contributed by atoms with Crippen LogP contribution in [0.25, 0.3) is 16.9 Å². The quantitative estimate of drug-likeness (QED) is 0.412. The van der Waals surface area contributed by atoms with E-state index in [9.17, 15) is 9.59 Å². The Labute approximate surface area is 217 Å². The van der Waals surface area contributed by atoms with Crippen molar-refractivity contribution in [2.45, 2.75) is 25.7 Å². The molecule has 2 aromatic heterocycles. The Balaban J connectivity index is 1.51. The SMILES string of the molecule is CC1(C)Cc2c(C(N)=O)nn(-c3ccc4c(c3)OCO4)c2-c2cc(NC(=O)c3ccncc3Cl)ccc21. The molecule has 0 radical (unpaired) electrons. The number of pyridine rings is 1. The highest BCUT2D eigenvalue weighted by atomic mass is 35.5. The summed E-state index contributed by atoms with van der Waals surface area (Å²) in [6, 6.07) is 12.8. The van der Waals surface area contributed by atoms with E-state index in [0.717, 1.165) is 22.4 Å². The first-order chi connectivity index (χ1) is 17.7. The number of ether oxygens (including phenoxy) is 2. The topological polar surface area (TPSA) is 121 Å². The second-order valence-corrected chi connectivity index (χ2v) is 10.0. The van der Waals surface area contributed by atoms with Crippen molar-refractivity contribution in [1.29, 1.82) is 0 Å². The van der Waals surface area contributed by atoms with E-state index in [4.69, 9.17) is 26.8 Å². The molecule has 3 heterocycles. The Morgan fingerprint density at radius 2 is 1.92 bits per heavy atom. The highest BCUT2D eigenvalue weighted by Gasteiger charge is 2.37. The lowest BCUT2D eigenvalue weighted by Gasteiger charge is -2.33. The summed E-state index contributed by atoms with van der Waals surface area (Å²) in [5.41, 5.74) is 10.6. The Hall–Kier alpha value is -4.37. The molecule has 2 aromatic carbocycles. The van der Waals surface area contributed by atoms with Gasteiger partial charge >= 0.3 is 0 Å². The van der Waals surface area contributed by atoms with Gasteiger partial charge in [0.15, 0.2) is 17.2 Å². The normalized spacial score (nSPS) is 14.6. The number of primary amides is 1. The third-order valence-corrected chi connectivity index (χ3v) is 7.02. The molecule has 0 atom stereocenters. The summed E-state index contributed by atoms with van der Waals surface area (Å²) in [5, 5.41) is 7.81. The molecule has 10 heteroatoms. The van der Waals surface area contributed by atoms with E-state index in [1.165, 1.54) is 12.4 Å². The minimum atomic E-state index is -0.605. The maximum absolute atomic E-state index is 12.9. The van der Waals surface area contributed by atoms with Gasteiger partial charge in [-0.3, -0.25) is 14.6 Å². The van der Waals surface area contributed by atoms with Crippen LogP contribution in [0, 0.1) is 0 Å². The molecular weight excluding hydrogens is 494 g/mol. The lowest BCUT2D eigenvalue weighted by molar-refractivity contribution is 0.0992. The molecule has 0 saturated carbocycles. The van der Waals surface area contributed by atoms with Crippen molar-refractivity contribution in [1.82, 2.24) is 14.8 Å². The van der Waals surface area contributed by atoms with E-state index in [1.54, 1.807) is 16.8 Å². The smallest absolute Gasteiger partial charge is 0.269 e. The number of hydrogen-bond donors (Lipinski definition) is 2. The molecule has 0 spiro atoms. The number of aromatic nitrogens is 3. The predicted octanol–water partition coefficient (Wildman–Crippen LogP) is 4.50. The highest BCUT2D eigenvalue weighted by molar-refractivity contribution is 6.34. The number of amides is 2. The average Bonchev–Trinajstić information content (AvgIpc) is 3.48. The van der Waals surface area contributed by atoms with Crippen molar-refractivity contribution < 1.29 is 19.1 Å². The maximum atomic E-state index is 12.9. The monoisotopic (exact) mass is 515 g/mol. The average molecular weight is 516 g/mol. The standard InChI is InChI=1S/C27H22ClN5O4/c1-27(2)11-18-23(25(29)34)32-33(15-4-6-21-22(10-15)37-13-36-21)24(18)17-9-14(3-5-19(17)27)31-26(35)16-7-8-30-12-20(16)28/h3-10,12H,11,13H2,1-2H3,(H2,29,34)(H,31,35). The van der Waals surface area contributed by atoms with Gasteiger partial charge in [0.05, 0.1) is 22.0 Å². The van der Waals surface area contributed by atoms with Gasteiger partial charge in [-0.15, -0.1) is 0 Å². The van der Waals surface area contributed by atoms with Gasteiger partial charge in [-0.25, -0.2) is 4.68 Å². The van der Waals surface area contributed by atoms with Gasteiger partial charge in [0.2, 0.25) is 6.79 Å². The fraction of sp³-hybridized carbons (Fsp3) is 0.185. The third kappa shape index (κ3) is 3.79. The van der Waals surface area contributed by atoms with Crippen molar-refractivity contribution in [2.75, 3.05) is 12.1 Å². The van der Waals surface area contributed by atoms with Crippen LogP contribution in [0.4, 0.5) is 5.69 Å². The molecule has 0 bridgehead atoms. The Morgan fingerprint density at radius 3 is 2.70 bits per heavy atom. The lowest BCUT2D eigenvalue weighted by Crippen LogP contribution is -2.27. The van der Waals surface area contributed by atoms with Crippen LogP contribution >= 0.6 is 11.6 Å². The van der Waals surface area contributed by atoms with Crippen LogP contribution in [0.2, 0.25) is 5.02 Å². The minimum absolute atomic E-state index is 0.143. The van der Waals surface area contributed by atoms with Gasteiger partial charge < -0.3 is 20.5 Å².